The van der Waals surface area contributed by atoms with Crippen molar-refractivity contribution in [3.8, 4) is 11.1 Å². The molecule has 2 aromatic carbocycles. The lowest BCUT2D eigenvalue weighted by Gasteiger charge is -2.10. The maximum atomic E-state index is 4.66. The monoisotopic (exact) mass is 273 g/mol. The summed E-state index contributed by atoms with van der Waals surface area (Å²) in [5, 5.41) is 1.17. The van der Waals surface area contributed by atoms with E-state index in [9.17, 15) is 0 Å². The molecule has 0 saturated carbocycles. The van der Waals surface area contributed by atoms with Crippen LogP contribution in [-0.4, -0.2) is 15.0 Å². The lowest BCUT2D eigenvalue weighted by Crippen LogP contribution is -1.89. The molecule has 102 valence electrons. The highest BCUT2D eigenvalue weighted by atomic mass is 14.9. The van der Waals surface area contributed by atoms with Crippen molar-refractivity contribution in [2.24, 2.45) is 0 Å². The zero-order valence-electron chi connectivity index (χ0n) is 12.0. The highest BCUT2D eigenvalue weighted by Crippen LogP contribution is 2.34. The van der Waals surface area contributed by atoms with E-state index in [0.29, 0.717) is 0 Å². The lowest BCUT2D eigenvalue weighted by atomic mass is 9.95. The van der Waals surface area contributed by atoms with Gasteiger partial charge in [0, 0.05) is 17.1 Å². The molecular formula is C18H15N3. The topological polar surface area (TPSA) is 41.6 Å². The number of aromatic amines is 1. The summed E-state index contributed by atoms with van der Waals surface area (Å²) in [6.07, 6.45) is 1.83. The average Bonchev–Trinajstić information content (AvgIpc) is 2.87. The van der Waals surface area contributed by atoms with Crippen LogP contribution in [0.2, 0.25) is 0 Å². The molecule has 4 rings (SSSR count). The van der Waals surface area contributed by atoms with Crippen LogP contribution in [0, 0.1) is 13.8 Å². The number of para-hydroxylation sites is 1. The van der Waals surface area contributed by atoms with E-state index in [1.54, 1.807) is 0 Å². The van der Waals surface area contributed by atoms with Crippen LogP contribution in [0.4, 0.5) is 0 Å². The molecule has 3 heteroatoms. The number of nitrogens with zero attached hydrogens (tertiary/aromatic N) is 2. The molecule has 4 aromatic rings. The summed E-state index contributed by atoms with van der Waals surface area (Å²) in [6, 6.07) is 14.6. The van der Waals surface area contributed by atoms with Crippen LogP contribution in [0.15, 0.2) is 48.7 Å². The van der Waals surface area contributed by atoms with Crippen molar-refractivity contribution < 1.29 is 0 Å². The number of rotatable bonds is 1. The summed E-state index contributed by atoms with van der Waals surface area (Å²) in [4.78, 5) is 12.4. The molecule has 0 aliphatic heterocycles. The number of aryl methyl sites for hydroxylation is 2. The lowest BCUT2D eigenvalue weighted by molar-refractivity contribution is 1.17. The number of hydrogen-bond acceptors (Lipinski definition) is 2. The van der Waals surface area contributed by atoms with Crippen molar-refractivity contribution in [1.29, 1.82) is 0 Å². The number of H-pyrrole nitrogens is 1. The minimum atomic E-state index is 0.938. The van der Waals surface area contributed by atoms with Crippen LogP contribution in [0.25, 0.3) is 33.1 Å². The molecule has 0 aliphatic carbocycles. The summed E-state index contributed by atoms with van der Waals surface area (Å²) >= 11 is 0. The van der Waals surface area contributed by atoms with Gasteiger partial charge in [0.25, 0.3) is 0 Å². The molecule has 2 aromatic heterocycles. The van der Waals surface area contributed by atoms with E-state index in [1.807, 2.05) is 19.2 Å². The second-order valence-corrected chi connectivity index (χ2v) is 5.35. The minimum absolute atomic E-state index is 0.938. The Bertz CT molecular complexity index is 967. The Labute approximate surface area is 122 Å². The van der Waals surface area contributed by atoms with Crippen LogP contribution in [-0.2, 0) is 0 Å². The van der Waals surface area contributed by atoms with Crippen molar-refractivity contribution in [3.05, 3.63) is 60.0 Å². The van der Waals surface area contributed by atoms with Gasteiger partial charge in [0.15, 0.2) is 0 Å². The third-order valence-corrected chi connectivity index (χ3v) is 3.89. The second-order valence-electron chi connectivity index (χ2n) is 5.35. The zero-order valence-corrected chi connectivity index (χ0v) is 12.0. The smallest absolute Gasteiger partial charge is 0.104 e. The van der Waals surface area contributed by atoms with Gasteiger partial charge in [0.05, 0.1) is 16.6 Å². The van der Waals surface area contributed by atoms with E-state index in [-0.39, 0.29) is 0 Å². The summed E-state index contributed by atoms with van der Waals surface area (Å²) in [5.74, 6) is 0.938. The molecule has 0 saturated heterocycles. The first kappa shape index (κ1) is 12.1. The quantitative estimate of drug-likeness (QED) is 0.558. The Morgan fingerprint density at radius 2 is 1.86 bits per heavy atom. The van der Waals surface area contributed by atoms with Crippen molar-refractivity contribution in [1.82, 2.24) is 15.0 Å². The van der Waals surface area contributed by atoms with Gasteiger partial charge in [0.1, 0.15) is 5.82 Å². The molecule has 0 bridgehead atoms. The van der Waals surface area contributed by atoms with Crippen molar-refractivity contribution in [2.75, 3.05) is 0 Å². The highest BCUT2D eigenvalue weighted by molar-refractivity contribution is 6.03. The van der Waals surface area contributed by atoms with Gasteiger partial charge in [-0.15, -0.1) is 0 Å². The molecule has 0 fully saturated rings. The number of nitrogens with one attached hydrogen (secondary N) is 1. The number of benzene rings is 2. The van der Waals surface area contributed by atoms with Crippen molar-refractivity contribution in [2.45, 2.75) is 13.8 Å². The number of imidazole rings is 1. The minimum Gasteiger partial charge on any atom is -0.342 e. The van der Waals surface area contributed by atoms with Gasteiger partial charge >= 0.3 is 0 Å². The predicted octanol–water partition coefficient (Wildman–Crippen LogP) is 4.39. The van der Waals surface area contributed by atoms with Gasteiger partial charge in [-0.25, -0.2) is 4.98 Å². The van der Waals surface area contributed by atoms with Crippen LogP contribution in [0.3, 0.4) is 0 Å². The summed E-state index contributed by atoms with van der Waals surface area (Å²) < 4.78 is 0. The summed E-state index contributed by atoms with van der Waals surface area (Å²) in [5.41, 5.74) is 6.73. The molecule has 1 N–H and O–H groups in total. The first-order valence-corrected chi connectivity index (χ1v) is 7.04. The van der Waals surface area contributed by atoms with Crippen LogP contribution < -0.4 is 0 Å². The van der Waals surface area contributed by atoms with Gasteiger partial charge in [-0.05, 0) is 43.2 Å². The fraction of sp³-hybridized carbons (Fsp3) is 0.111. The molecule has 21 heavy (non-hydrogen) atoms. The van der Waals surface area contributed by atoms with Crippen LogP contribution in [0.1, 0.15) is 11.4 Å². The predicted molar refractivity (Wildman–Crippen MR) is 86.3 cm³/mol. The fourth-order valence-corrected chi connectivity index (χ4v) is 2.98. The molecule has 0 radical (unpaired) electrons. The zero-order chi connectivity index (χ0) is 14.4. The van der Waals surface area contributed by atoms with E-state index < -0.39 is 0 Å². The normalized spacial score (nSPS) is 11.3. The molecule has 0 spiro atoms. The first-order valence-electron chi connectivity index (χ1n) is 7.04. The van der Waals surface area contributed by atoms with E-state index in [1.165, 1.54) is 16.5 Å². The molecular weight excluding hydrogens is 258 g/mol. The summed E-state index contributed by atoms with van der Waals surface area (Å²) in [6.45, 7) is 4.13. The van der Waals surface area contributed by atoms with Crippen molar-refractivity contribution in [3.63, 3.8) is 0 Å². The van der Waals surface area contributed by atoms with E-state index in [0.717, 1.165) is 27.9 Å². The van der Waals surface area contributed by atoms with E-state index in [2.05, 4.69) is 58.3 Å². The number of aromatic nitrogens is 3. The Hall–Kier alpha value is -2.68. The molecule has 0 amide bonds. The third kappa shape index (κ3) is 1.82. The number of hydrogen-bond donors (Lipinski definition) is 1. The third-order valence-electron chi connectivity index (χ3n) is 3.89. The van der Waals surface area contributed by atoms with E-state index in [4.69, 9.17) is 0 Å². The Morgan fingerprint density at radius 1 is 0.952 bits per heavy atom. The van der Waals surface area contributed by atoms with E-state index >= 15 is 0 Å². The van der Waals surface area contributed by atoms with Gasteiger partial charge in [0.2, 0.25) is 0 Å². The van der Waals surface area contributed by atoms with Gasteiger partial charge < -0.3 is 4.98 Å². The van der Waals surface area contributed by atoms with Gasteiger partial charge in [-0.1, -0.05) is 24.3 Å². The largest absolute Gasteiger partial charge is 0.342 e. The van der Waals surface area contributed by atoms with Gasteiger partial charge in [-0.2, -0.15) is 0 Å². The molecule has 2 heterocycles. The maximum absolute atomic E-state index is 4.66. The summed E-state index contributed by atoms with van der Waals surface area (Å²) in [7, 11) is 0. The molecule has 0 aliphatic rings. The first-order chi connectivity index (χ1) is 10.2. The highest BCUT2D eigenvalue weighted by Gasteiger charge is 2.12. The number of fused-ring (bicyclic) bond motifs is 2. The Kier molecular flexibility index (Phi) is 2.54. The Morgan fingerprint density at radius 3 is 2.76 bits per heavy atom. The number of pyridine rings is 1. The van der Waals surface area contributed by atoms with Crippen LogP contribution in [0.5, 0.6) is 0 Å². The van der Waals surface area contributed by atoms with Gasteiger partial charge in [-0.3, -0.25) is 4.98 Å². The Balaban J connectivity index is 2.16. The average molecular weight is 273 g/mol. The molecule has 0 unspecified atom stereocenters. The molecule has 0 atom stereocenters. The molecule has 3 nitrogen and oxygen atoms in total. The SMILES string of the molecule is Cc1nc2c(-c3c(C)ccc4ncccc34)cccc2[nH]1. The van der Waals surface area contributed by atoms with Crippen molar-refractivity contribution >= 4 is 21.9 Å². The van der Waals surface area contributed by atoms with Crippen LogP contribution >= 0.6 is 0 Å². The fourth-order valence-electron chi connectivity index (χ4n) is 2.98. The second kappa shape index (κ2) is 4.42. The standard InChI is InChI=1S/C18H15N3/c1-11-8-9-15-13(6-4-10-19-15)17(11)14-5-3-7-16-18(14)21-12(2)20-16/h3-10H,1-2H3,(H,20,21). The maximum Gasteiger partial charge on any atom is 0.104 e.